The molecule has 3 N–H and O–H groups in total. The standard InChI is InChI=1S/C20H23FN2O2/c21-16-5-3-4-15(14-16)20(10-1-2-11-20)19(24)23-17-6-8-18(9-7-17)25-13-12-22/h3-9,14H,1-2,10-13,22H2,(H,23,24). The molecular formula is C20H23FN2O2. The van der Waals surface area contributed by atoms with Gasteiger partial charge in [-0.15, -0.1) is 0 Å². The van der Waals surface area contributed by atoms with Crippen molar-refractivity contribution in [2.24, 2.45) is 5.73 Å². The number of benzene rings is 2. The SMILES string of the molecule is NCCOc1ccc(NC(=O)C2(c3cccc(F)c3)CCCC2)cc1. The van der Waals surface area contributed by atoms with Crippen molar-refractivity contribution < 1.29 is 13.9 Å². The predicted molar refractivity (Wildman–Crippen MR) is 96.2 cm³/mol. The van der Waals surface area contributed by atoms with E-state index in [0.717, 1.165) is 31.2 Å². The number of carbonyl (C=O) groups is 1. The molecule has 132 valence electrons. The largest absolute Gasteiger partial charge is 0.492 e. The molecule has 1 amide bonds. The summed E-state index contributed by atoms with van der Waals surface area (Å²) < 4.78 is 19.1. The van der Waals surface area contributed by atoms with Crippen molar-refractivity contribution in [1.82, 2.24) is 0 Å². The number of nitrogens with one attached hydrogen (secondary N) is 1. The van der Waals surface area contributed by atoms with Gasteiger partial charge in [0.25, 0.3) is 0 Å². The van der Waals surface area contributed by atoms with Crippen LogP contribution in [0.25, 0.3) is 0 Å². The smallest absolute Gasteiger partial charge is 0.235 e. The Morgan fingerprint density at radius 3 is 2.52 bits per heavy atom. The quantitative estimate of drug-likeness (QED) is 0.843. The van der Waals surface area contributed by atoms with Crippen molar-refractivity contribution in [2.45, 2.75) is 31.1 Å². The summed E-state index contributed by atoms with van der Waals surface area (Å²) in [7, 11) is 0. The number of halogens is 1. The van der Waals surface area contributed by atoms with Gasteiger partial charge in [-0.1, -0.05) is 25.0 Å². The summed E-state index contributed by atoms with van der Waals surface area (Å²) in [5.74, 6) is 0.327. The second-order valence-electron chi connectivity index (χ2n) is 6.42. The maximum Gasteiger partial charge on any atom is 0.235 e. The van der Waals surface area contributed by atoms with Crippen LogP contribution in [0, 0.1) is 5.82 Å². The third-order valence-electron chi connectivity index (χ3n) is 4.77. The Morgan fingerprint density at radius 1 is 1.16 bits per heavy atom. The van der Waals surface area contributed by atoms with E-state index in [1.165, 1.54) is 12.1 Å². The van der Waals surface area contributed by atoms with E-state index >= 15 is 0 Å². The van der Waals surface area contributed by atoms with Gasteiger partial charge >= 0.3 is 0 Å². The lowest BCUT2D eigenvalue weighted by atomic mass is 9.78. The molecule has 0 unspecified atom stereocenters. The van der Waals surface area contributed by atoms with E-state index in [-0.39, 0.29) is 11.7 Å². The molecule has 0 radical (unpaired) electrons. The molecule has 1 saturated carbocycles. The Kier molecular flexibility index (Phi) is 5.34. The first-order chi connectivity index (χ1) is 12.1. The van der Waals surface area contributed by atoms with Crippen LogP contribution in [0.4, 0.5) is 10.1 Å². The first-order valence-electron chi connectivity index (χ1n) is 8.64. The molecule has 0 atom stereocenters. The van der Waals surface area contributed by atoms with Crippen molar-refractivity contribution in [3.05, 3.63) is 59.9 Å². The number of carbonyl (C=O) groups excluding carboxylic acids is 1. The van der Waals surface area contributed by atoms with Crippen molar-refractivity contribution in [2.75, 3.05) is 18.5 Å². The van der Waals surface area contributed by atoms with Crippen molar-refractivity contribution in [1.29, 1.82) is 0 Å². The average Bonchev–Trinajstić information content (AvgIpc) is 3.12. The zero-order valence-electron chi connectivity index (χ0n) is 14.1. The van der Waals surface area contributed by atoms with Crippen LogP contribution in [-0.2, 0) is 10.2 Å². The van der Waals surface area contributed by atoms with Crippen LogP contribution >= 0.6 is 0 Å². The topological polar surface area (TPSA) is 64.3 Å². The normalized spacial score (nSPS) is 15.8. The van der Waals surface area contributed by atoms with E-state index < -0.39 is 5.41 Å². The van der Waals surface area contributed by atoms with Crippen molar-refractivity contribution in [3.63, 3.8) is 0 Å². The van der Waals surface area contributed by atoms with Gasteiger partial charge in [-0.3, -0.25) is 4.79 Å². The lowest BCUT2D eigenvalue weighted by molar-refractivity contribution is -0.121. The van der Waals surface area contributed by atoms with Crippen LogP contribution in [-0.4, -0.2) is 19.1 Å². The van der Waals surface area contributed by atoms with Gasteiger partial charge in [-0.2, -0.15) is 0 Å². The summed E-state index contributed by atoms with van der Waals surface area (Å²) in [5, 5.41) is 2.98. The summed E-state index contributed by atoms with van der Waals surface area (Å²) in [6.45, 7) is 0.906. The maximum absolute atomic E-state index is 13.7. The van der Waals surface area contributed by atoms with E-state index in [0.29, 0.717) is 24.6 Å². The fraction of sp³-hybridized carbons (Fsp3) is 0.350. The Balaban J connectivity index is 1.78. The number of ether oxygens (including phenoxy) is 1. The van der Waals surface area contributed by atoms with Gasteiger partial charge in [0, 0.05) is 12.2 Å². The van der Waals surface area contributed by atoms with E-state index in [1.54, 1.807) is 30.3 Å². The molecule has 1 fully saturated rings. The summed E-state index contributed by atoms with van der Waals surface area (Å²) in [5.41, 5.74) is 6.21. The second kappa shape index (κ2) is 7.66. The third-order valence-corrected chi connectivity index (χ3v) is 4.77. The number of nitrogens with two attached hydrogens (primary N) is 1. The molecule has 1 aliphatic carbocycles. The third kappa shape index (κ3) is 3.82. The van der Waals surface area contributed by atoms with Crippen LogP contribution in [0.3, 0.4) is 0 Å². The van der Waals surface area contributed by atoms with Crippen LogP contribution in [0.5, 0.6) is 5.75 Å². The molecule has 0 spiro atoms. The Bertz CT molecular complexity index is 725. The lowest BCUT2D eigenvalue weighted by Gasteiger charge is -2.28. The number of rotatable bonds is 6. The summed E-state index contributed by atoms with van der Waals surface area (Å²) in [4.78, 5) is 13.0. The highest BCUT2D eigenvalue weighted by atomic mass is 19.1. The first-order valence-corrected chi connectivity index (χ1v) is 8.64. The number of hydrogen-bond acceptors (Lipinski definition) is 3. The number of amides is 1. The van der Waals surface area contributed by atoms with E-state index in [2.05, 4.69) is 5.32 Å². The summed E-state index contributed by atoms with van der Waals surface area (Å²) in [6, 6.07) is 13.6. The van der Waals surface area contributed by atoms with Crippen molar-refractivity contribution >= 4 is 11.6 Å². The van der Waals surface area contributed by atoms with Crippen molar-refractivity contribution in [3.8, 4) is 5.75 Å². The Hall–Kier alpha value is -2.40. The van der Waals surface area contributed by atoms with Gasteiger partial charge in [0.1, 0.15) is 18.2 Å². The first kappa shape index (κ1) is 17.4. The number of hydrogen-bond donors (Lipinski definition) is 2. The minimum absolute atomic E-state index is 0.0776. The molecule has 0 heterocycles. The van der Waals surface area contributed by atoms with Gasteiger partial charge in [0.2, 0.25) is 5.91 Å². The Labute approximate surface area is 147 Å². The molecule has 2 aromatic rings. The molecular weight excluding hydrogens is 319 g/mol. The highest BCUT2D eigenvalue weighted by Crippen LogP contribution is 2.42. The van der Waals surface area contributed by atoms with E-state index in [1.807, 2.05) is 6.07 Å². The van der Waals surface area contributed by atoms with E-state index in [4.69, 9.17) is 10.5 Å². The predicted octanol–water partition coefficient (Wildman–Crippen LogP) is 3.61. The molecule has 25 heavy (non-hydrogen) atoms. The molecule has 2 aromatic carbocycles. The minimum Gasteiger partial charge on any atom is -0.492 e. The highest BCUT2D eigenvalue weighted by molar-refractivity contribution is 5.99. The average molecular weight is 342 g/mol. The maximum atomic E-state index is 13.7. The fourth-order valence-electron chi connectivity index (χ4n) is 3.47. The van der Waals surface area contributed by atoms with Gasteiger partial charge in [0.05, 0.1) is 5.41 Å². The molecule has 0 aromatic heterocycles. The Morgan fingerprint density at radius 2 is 1.88 bits per heavy atom. The van der Waals surface area contributed by atoms with Gasteiger partial charge in [0.15, 0.2) is 0 Å². The zero-order valence-corrected chi connectivity index (χ0v) is 14.1. The summed E-state index contributed by atoms with van der Waals surface area (Å²) >= 11 is 0. The molecule has 4 nitrogen and oxygen atoms in total. The molecule has 1 aliphatic rings. The van der Waals surface area contributed by atoms with Gasteiger partial charge in [-0.25, -0.2) is 4.39 Å². The molecule has 5 heteroatoms. The van der Waals surface area contributed by atoms with Crippen LogP contribution in [0.2, 0.25) is 0 Å². The van der Waals surface area contributed by atoms with Gasteiger partial charge in [-0.05, 0) is 54.8 Å². The van der Waals surface area contributed by atoms with E-state index in [9.17, 15) is 9.18 Å². The lowest BCUT2D eigenvalue weighted by Crippen LogP contribution is -2.38. The zero-order chi connectivity index (χ0) is 17.7. The van der Waals surface area contributed by atoms with Crippen LogP contribution < -0.4 is 15.8 Å². The fourth-order valence-corrected chi connectivity index (χ4v) is 3.47. The molecule has 0 aliphatic heterocycles. The molecule has 0 saturated heterocycles. The molecule has 0 bridgehead atoms. The van der Waals surface area contributed by atoms with Gasteiger partial charge < -0.3 is 15.8 Å². The monoisotopic (exact) mass is 342 g/mol. The summed E-state index contributed by atoms with van der Waals surface area (Å²) in [6.07, 6.45) is 3.41. The highest BCUT2D eigenvalue weighted by Gasteiger charge is 2.42. The van der Waals surface area contributed by atoms with Crippen LogP contribution in [0.15, 0.2) is 48.5 Å². The molecule has 3 rings (SSSR count). The second-order valence-corrected chi connectivity index (χ2v) is 6.42. The minimum atomic E-state index is -0.656. The van der Waals surface area contributed by atoms with Crippen LogP contribution in [0.1, 0.15) is 31.2 Å². The number of anilines is 1.